The number of phenolic OH excluding ortho intramolecular Hbond substituents is 1. The van der Waals surface area contributed by atoms with E-state index < -0.39 is 0 Å². The van der Waals surface area contributed by atoms with E-state index in [0.29, 0.717) is 17.2 Å². The highest BCUT2D eigenvalue weighted by Crippen LogP contribution is 2.40. The van der Waals surface area contributed by atoms with Crippen LogP contribution in [-0.4, -0.2) is 18.9 Å². The van der Waals surface area contributed by atoms with Crippen LogP contribution in [-0.2, 0) is 0 Å². The van der Waals surface area contributed by atoms with Gasteiger partial charge >= 0.3 is 0 Å². The number of ether oxygens (including phenoxy) is 1. The maximum atomic E-state index is 9.72. The molecule has 0 unspecified atom stereocenters. The molecule has 82 valence electrons. The lowest BCUT2D eigenvalue weighted by Crippen LogP contribution is -1.85. The summed E-state index contributed by atoms with van der Waals surface area (Å²) in [4.78, 5) is 3.73. The van der Waals surface area contributed by atoms with Crippen molar-refractivity contribution >= 4 is 12.4 Å². The predicted octanol–water partition coefficient (Wildman–Crippen LogP) is 2.99. The standard InChI is InChI=1S/C12H11NO3/c1-13-9-6-8(10-4-3-5-16-10)7-11(15-2)12(9)14/h3-7,14H,1H2,2H3. The zero-order valence-electron chi connectivity index (χ0n) is 8.80. The van der Waals surface area contributed by atoms with E-state index in [1.165, 1.54) is 7.11 Å². The molecule has 1 aromatic heterocycles. The molecule has 0 bridgehead atoms. The minimum absolute atomic E-state index is 0.0205. The summed E-state index contributed by atoms with van der Waals surface area (Å²) in [5.74, 6) is 1.01. The van der Waals surface area contributed by atoms with Crippen LogP contribution >= 0.6 is 0 Å². The summed E-state index contributed by atoms with van der Waals surface area (Å²) in [6, 6.07) is 6.97. The minimum atomic E-state index is -0.0205. The molecular weight excluding hydrogens is 206 g/mol. The number of aromatic hydroxyl groups is 1. The summed E-state index contributed by atoms with van der Waals surface area (Å²) >= 11 is 0. The Morgan fingerprint density at radius 3 is 2.81 bits per heavy atom. The topological polar surface area (TPSA) is 55.0 Å². The highest BCUT2D eigenvalue weighted by atomic mass is 16.5. The van der Waals surface area contributed by atoms with Crippen LogP contribution < -0.4 is 4.74 Å². The molecule has 0 saturated heterocycles. The molecular formula is C12H11NO3. The zero-order valence-corrected chi connectivity index (χ0v) is 8.80. The lowest BCUT2D eigenvalue weighted by atomic mass is 10.1. The fourth-order valence-electron chi connectivity index (χ4n) is 1.45. The van der Waals surface area contributed by atoms with E-state index in [1.54, 1.807) is 24.5 Å². The third kappa shape index (κ3) is 1.65. The monoisotopic (exact) mass is 217 g/mol. The van der Waals surface area contributed by atoms with Gasteiger partial charge in [-0.05, 0) is 31.0 Å². The number of aliphatic imine (C=N–C) groups is 1. The van der Waals surface area contributed by atoms with Crippen LogP contribution in [0, 0.1) is 0 Å². The SMILES string of the molecule is C=Nc1cc(-c2ccco2)cc(OC)c1O. The maximum Gasteiger partial charge on any atom is 0.183 e. The Morgan fingerprint density at radius 1 is 1.44 bits per heavy atom. The zero-order chi connectivity index (χ0) is 11.5. The molecule has 2 aromatic rings. The highest BCUT2D eigenvalue weighted by molar-refractivity contribution is 5.72. The van der Waals surface area contributed by atoms with Crippen molar-refractivity contribution in [3.8, 4) is 22.8 Å². The number of hydrogen-bond acceptors (Lipinski definition) is 4. The number of phenols is 1. The Kier molecular flexibility index (Phi) is 2.64. The Morgan fingerprint density at radius 2 is 2.25 bits per heavy atom. The number of rotatable bonds is 3. The van der Waals surface area contributed by atoms with Crippen LogP contribution in [0.15, 0.2) is 39.9 Å². The van der Waals surface area contributed by atoms with Crippen molar-refractivity contribution in [2.45, 2.75) is 0 Å². The van der Waals surface area contributed by atoms with Crippen molar-refractivity contribution in [2.24, 2.45) is 4.99 Å². The first-order valence-corrected chi connectivity index (χ1v) is 4.68. The van der Waals surface area contributed by atoms with Crippen LogP contribution in [0.2, 0.25) is 0 Å². The molecule has 1 heterocycles. The van der Waals surface area contributed by atoms with E-state index in [0.717, 1.165) is 5.56 Å². The molecule has 0 saturated carbocycles. The van der Waals surface area contributed by atoms with Gasteiger partial charge in [-0.25, -0.2) is 0 Å². The molecule has 4 heteroatoms. The molecule has 0 fully saturated rings. The van der Waals surface area contributed by atoms with E-state index in [2.05, 4.69) is 11.7 Å². The van der Waals surface area contributed by atoms with E-state index in [1.807, 2.05) is 6.07 Å². The van der Waals surface area contributed by atoms with Crippen molar-refractivity contribution in [3.05, 3.63) is 30.5 Å². The van der Waals surface area contributed by atoms with Crippen LogP contribution in [0.25, 0.3) is 11.3 Å². The van der Waals surface area contributed by atoms with Gasteiger partial charge in [-0.3, -0.25) is 4.99 Å². The lowest BCUT2D eigenvalue weighted by Gasteiger charge is -2.07. The van der Waals surface area contributed by atoms with Gasteiger partial charge in [0.2, 0.25) is 0 Å². The molecule has 0 spiro atoms. The summed E-state index contributed by atoms with van der Waals surface area (Å²) in [5, 5.41) is 9.72. The van der Waals surface area contributed by atoms with Crippen LogP contribution in [0.3, 0.4) is 0 Å². The molecule has 0 aliphatic rings. The molecule has 0 atom stereocenters. The molecule has 0 radical (unpaired) electrons. The first-order chi connectivity index (χ1) is 7.76. The summed E-state index contributed by atoms with van der Waals surface area (Å²) in [5.41, 5.74) is 1.15. The third-order valence-corrected chi connectivity index (χ3v) is 2.25. The highest BCUT2D eigenvalue weighted by Gasteiger charge is 2.11. The summed E-state index contributed by atoms with van der Waals surface area (Å²) in [6.07, 6.45) is 1.58. The smallest absolute Gasteiger partial charge is 0.183 e. The molecule has 0 aliphatic carbocycles. The number of benzene rings is 1. The number of furan rings is 1. The first-order valence-electron chi connectivity index (χ1n) is 4.68. The van der Waals surface area contributed by atoms with Crippen LogP contribution in [0.4, 0.5) is 5.69 Å². The van der Waals surface area contributed by atoms with Gasteiger partial charge in [0.05, 0.1) is 13.4 Å². The van der Waals surface area contributed by atoms with Crippen molar-refractivity contribution in [3.63, 3.8) is 0 Å². The molecule has 1 N–H and O–H groups in total. The number of nitrogens with zero attached hydrogens (tertiary/aromatic N) is 1. The van der Waals surface area contributed by atoms with Gasteiger partial charge in [0.25, 0.3) is 0 Å². The van der Waals surface area contributed by atoms with Crippen LogP contribution in [0.5, 0.6) is 11.5 Å². The van der Waals surface area contributed by atoms with E-state index in [-0.39, 0.29) is 5.75 Å². The van der Waals surface area contributed by atoms with Gasteiger partial charge in [-0.1, -0.05) is 0 Å². The van der Waals surface area contributed by atoms with E-state index >= 15 is 0 Å². The Balaban J connectivity index is 2.60. The fourth-order valence-corrected chi connectivity index (χ4v) is 1.45. The van der Waals surface area contributed by atoms with Gasteiger partial charge in [0.15, 0.2) is 11.5 Å². The Hall–Kier alpha value is -2.23. The molecule has 0 amide bonds. The molecule has 0 aliphatic heterocycles. The van der Waals surface area contributed by atoms with Crippen molar-refractivity contribution in [1.29, 1.82) is 0 Å². The van der Waals surface area contributed by atoms with Gasteiger partial charge in [-0.15, -0.1) is 0 Å². The summed E-state index contributed by atoms with van der Waals surface area (Å²) in [7, 11) is 1.48. The second-order valence-electron chi connectivity index (χ2n) is 3.18. The van der Waals surface area contributed by atoms with Gasteiger partial charge in [0, 0.05) is 5.56 Å². The fraction of sp³-hybridized carbons (Fsp3) is 0.0833. The summed E-state index contributed by atoms with van der Waals surface area (Å²) < 4.78 is 10.3. The normalized spacial score (nSPS) is 10.1. The quantitative estimate of drug-likeness (QED) is 0.804. The predicted molar refractivity (Wildman–Crippen MR) is 61.6 cm³/mol. The maximum absolute atomic E-state index is 9.72. The van der Waals surface area contributed by atoms with Gasteiger partial charge < -0.3 is 14.3 Å². The molecule has 1 aromatic carbocycles. The molecule has 2 rings (SSSR count). The average molecular weight is 217 g/mol. The number of methoxy groups -OCH3 is 1. The minimum Gasteiger partial charge on any atom is -0.503 e. The second kappa shape index (κ2) is 4.10. The van der Waals surface area contributed by atoms with Crippen molar-refractivity contribution < 1.29 is 14.3 Å². The molecule has 4 nitrogen and oxygen atoms in total. The molecule has 16 heavy (non-hydrogen) atoms. The average Bonchev–Trinajstić information content (AvgIpc) is 2.83. The van der Waals surface area contributed by atoms with Crippen molar-refractivity contribution in [2.75, 3.05) is 7.11 Å². The Bertz CT molecular complexity index is 503. The van der Waals surface area contributed by atoms with Crippen molar-refractivity contribution in [1.82, 2.24) is 0 Å². The van der Waals surface area contributed by atoms with E-state index in [9.17, 15) is 5.11 Å². The van der Waals surface area contributed by atoms with E-state index in [4.69, 9.17) is 9.15 Å². The van der Waals surface area contributed by atoms with Crippen LogP contribution in [0.1, 0.15) is 0 Å². The third-order valence-electron chi connectivity index (χ3n) is 2.25. The van der Waals surface area contributed by atoms with Gasteiger partial charge in [0.1, 0.15) is 11.4 Å². The second-order valence-corrected chi connectivity index (χ2v) is 3.18. The lowest BCUT2D eigenvalue weighted by molar-refractivity contribution is 0.374. The van der Waals surface area contributed by atoms with Gasteiger partial charge in [-0.2, -0.15) is 0 Å². The Labute approximate surface area is 92.8 Å². The first kappa shape index (κ1) is 10.3. The number of hydrogen-bond donors (Lipinski definition) is 1. The largest absolute Gasteiger partial charge is 0.503 e. The summed E-state index contributed by atoms with van der Waals surface area (Å²) in [6.45, 7) is 3.39.